The monoisotopic (exact) mass is 349 g/mol. The number of hydrogen-bond acceptors (Lipinski definition) is 4. The van der Waals surface area contributed by atoms with Gasteiger partial charge in [0, 0.05) is 17.1 Å². The molecule has 0 bridgehead atoms. The van der Waals surface area contributed by atoms with Crippen molar-refractivity contribution >= 4 is 28.8 Å². The number of carbonyl (C=O) groups is 1. The van der Waals surface area contributed by atoms with Gasteiger partial charge in [-0.25, -0.2) is 4.98 Å². The Morgan fingerprint density at radius 3 is 2.83 bits per heavy atom. The number of halogens is 1. The van der Waals surface area contributed by atoms with Gasteiger partial charge in [0.05, 0.1) is 22.5 Å². The van der Waals surface area contributed by atoms with Gasteiger partial charge in [-0.1, -0.05) is 23.7 Å². The van der Waals surface area contributed by atoms with E-state index in [9.17, 15) is 4.79 Å². The fourth-order valence-electron chi connectivity index (χ4n) is 2.80. The number of benzene rings is 1. The molecule has 1 aromatic heterocycles. The molecule has 1 aliphatic heterocycles. The van der Waals surface area contributed by atoms with Gasteiger partial charge in [-0.15, -0.1) is 11.3 Å². The smallest absolute Gasteiger partial charge is 0.224 e. The summed E-state index contributed by atoms with van der Waals surface area (Å²) >= 11 is 7.56. The summed E-state index contributed by atoms with van der Waals surface area (Å²) < 4.78 is 0. The van der Waals surface area contributed by atoms with Crippen molar-refractivity contribution in [2.75, 3.05) is 13.1 Å². The first-order valence-electron chi connectivity index (χ1n) is 7.79. The van der Waals surface area contributed by atoms with Crippen LogP contribution in [0.2, 0.25) is 5.02 Å². The van der Waals surface area contributed by atoms with Crippen LogP contribution < -0.4 is 10.6 Å². The summed E-state index contributed by atoms with van der Waals surface area (Å²) in [7, 11) is 0. The van der Waals surface area contributed by atoms with Gasteiger partial charge >= 0.3 is 0 Å². The minimum atomic E-state index is -0.0262. The zero-order valence-electron chi connectivity index (χ0n) is 13.2. The summed E-state index contributed by atoms with van der Waals surface area (Å²) in [5.41, 5.74) is 2.02. The Hall–Kier alpha value is -1.43. The van der Waals surface area contributed by atoms with Crippen molar-refractivity contribution < 1.29 is 4.79 Å². The summed E-state index contributed by atoms with van der Waals surface area (Å²) in [6.45, 7) is 5.71. The van der Waals surface area contributed by atoms with E-state index in [1.54, 1.807) is 11.3 Å². The fourth-order valence-corrected chi connectivity index (χ4v) is 4.00. The molecule has 0 radical (unpaired) electrons. The van der Waals surface area contributed by atoms with Crippen LogP contribution >= 0.6 is 22.9 Å². The topological polar surface area (TPSA) is 54.0 Å². The van der Waals surface area contributed by atoms with Crippen molar-refractivity contribution in [3.63, 3.8) is 0 Å². The summed E-state index contributed by atoms with van der Waals surface area (Å²) in [5, 5.41) is 8.02. The van der Waals surface area contributed by atoms with Gasteiger partial charge in [-0.3, -0.25) is 4.79 Å². The van der Waals surface area contributed by atoms with E-state index in [0.717, 1.165) is 40.7 Å². The van der Waals surface area contributed by atoms with E-state index in [-0.39, 0.29) is 17.9 Å². The van der Waals surface area contributed by atoms with Gasteiger partial charge in [-0.2, -0.15) is 0 Å². The van der Waals surface area contributed by atoms with Crippen LogP contribution in [-0.4, -0.2) is 24.0 Å². The second-order valence-electron chi connectivity index (χ2n) is 5.90. The number of hydrogen-bond donors (Lipinski definition) is 2. The van der Waals surface area contributed by atoms with Crippen molar-refractivity contribution in [3.8, 4) is 10.6 Å². The SMILES string of the molecule is Cc1nc(-c2ccc(Cl)cc2)sc1[C@H](C)NC(=O)[C@@H]1CCNC1. The molecular formula is C17H20ClN3OS. The second kappa shape index (κ2) is 6.99. The second-order valence-corrected chi connectivity index (χ2v) is 7.36. The lowest BCUT2D eigenvalue weighted by Gasteiger charge is -2.15. The molecule has 2 aromatic rings. The first kappa shape index (κ1) is 16.4. The Labute approximate surface area is 145 Å². The molecule has 3 rings (SSSR count). The van der Waals surface area contributed by atoms with Crippen molar-refractivity contribution in [2.24, 2.45) is 5.92 Å². The molecule has 1 aliphatic rings. The number of nitrogens with one attached hydrogen (secondary N) is 2. The number of rotatable bonds is 4. The van der Waals surface area contributed by atoms with Crippen molar-refractivity contribution in [2.45, 2.75) is 26.3 Å². The molecule has 0 unspecified atom stereocenters. The number of thiazole rings is 1. The van der Waals surface area contributed by atoms with E-state index in [4.69, 9.17) is 11.6 Å². The highest BCUT2D eigenvalue weighted by Crippen LogP contribution is 2.32. The van der Waals surface area contributed by atoms with E-state index in [1.165, 1.54) is 0 Å². The van der Waals surface area contributed by atoms with Crippen LogP contribution in [0, 0.1) is 12.8 Å². The van der Waals surface area contributed by atoms with E-state index in [1.807, 2.05) is 38.1 Å². The van der Waals surface area contributed by atoms with Gasteiger partial charge in [0.1, 0.15) is 5.01 Å². The molecule has 4 nitrogen and oxygen atoms in total. The predicted octanol–water partition coefficient (Wildman–Crippen LogP) is 3.56. The third-order valence-corrected chi connectivity index (χ3v) is 5.75. The van der Waals surface area contributed by atoms with Crippen LogP contribution in [0.1, 0.15) is 30.0 Å². The van der Waals surface area contributed by atoms with E-state index < -0.39 is 0 Å². The van der Waals surface area contributed by atoms with Crippen LogP contribution in [0.15, 0.2) is 24.3 Å². The number of nitrogens with zero attached hydrogens (tertiary/aromatic N) is 1. The third kappa shape index (κ3) is 3.74. The standard InChI is InChI=1S/C17H20ClN3OS/c1-10(20-16(22)13-7-8-19-9-13)15-11(2)21-17(23-15)12-3-5-14(18)6-4-12/h3-6,10,13,19H,7-9H2,1-2H3,(H,20,22)/t10-,13+/m0/s1. The lowest BCUT2D eigenvalue weighted by Crippen LogP contribution is -2.33. The zero-order chi connectivity index (χ0) is 16.4. The predicted molar refractivity (Wildman–Crippen MR) is 94.8 cm³/mol. The Morgan fingerprint density at radius 2 is 2.17 bits per heavy atom. The van der Waals surface area contributed by atoms with Crippen LogP contribution in [0.3, 0.4) is 0 Å². The fraction of sp³-hybridized carbons (Fsp3) is 0.412. The highest BCUT2D eigenvalue weighted by molar-refractivity contribution is 7.15. The minimum absolute atomic E-state index is 0.0262. The third-order valence-electron chi connectivity index (χ3n) is 4.11. The maximum atomic E-state index is 12.3. The molecule has 0 aliphatic carbocycles. The molecular weight excluding hydrogens is 330 g/mol. The van der Waals surface area contributed by atoms with Crippen molar-refractivity contribution in [1.29, 1.82) is 0 Å². The van der Waals surface area contributed by atoms with Gasteiger partial charge in [0.25, 0.3) is 0 Å². The highest BCUT2D eigenvalue weighted by atomic mass is 35.5. The molecule has 0 spiro atoms. The van der Waals surface area contributed by atoms with Gasteiger partial charge in [-0.05, 0) is 38.9 Å². The highest BCUT2D eigenvalue weighted by Gasteiger charge is 2.25. The van der Waals surface area contributed by atoms with Gasteiger partial charge in [0.2, 0.25) is 5.91 Å². The largest absolute Gasteiger partial charge is 0.348 e. The van der Waals surface area contributed by atoms with Crippen LogP contribution in [0.5, 0.6) is 0 Å². The molecule has 1 aromatic carbocycles. The quantitative estimate of drug-likeness (QED) is 0.887. The number of carbonyl (C=O) groups excluding carboxylic acids is 1. The molecule has 6 heteroatoms. The van der Waals surface area contributed by atoms with E-state index in [0.29, 0.717) is 5.02 Å². The summed E-state index contributed by atoms with van der Waals surface area (Å²) in [4.78, 5) is 18.0. The first-order chi connectivity index (χ1) is 11.0. The molecule has 122 valence electrons. The molecule has 2 N–H and O–H groups in total. The number of amides is 1. The van der Waals surface area contributed by atoms with Gasteiger partial charge in [0.15, 0.2) is 0 Å². The molecule has 0 saturated carbocycles. The zero-order valence-corrected chi connectivity index (χ0v) is 14.8. The van der Waals surface area contributed by atoms with E-state index in [2.05, 4.69) is 15.6 Å². The maximum Gasteiger partial charge on any atom is 0.224 e. The van der Waals surface area contributed by atoms with E-state index >= 15 is 0 Å². The van der Waals surface area contributed by atoms with Crippen LogP contribution in [-0.2, 0) is 4.79 Å². The summed E-state index contributed by atoms with van der Waals surface area (Å²) in [6, 6.07) is 7.65. The molecule has 2 atom stereocenters. The maximum absolute atomic E-state index is 12.3. The molecule has 1 amide bonds. The Balaban J connectivity index is 1.74. The summed E-state index contributed by atoms with van der Waals surface area (Å²) in [5.74, 6) is 0.213. The molecule has 23 heavy (non-hydrogen) atoms. The van der Waals surface area contributed by atoms with Crippen molar-refractivity contribution in [1.82, 2.24) is 15.6 Å². The Bertz CT molecular complexity index is 692. The summed E-state index contributed by atoms with van der Waals surface area (Å²) in [6.07, 6.45) is 0.913. The van der Waals surface area contributed by atoms with Crippen LogP contribution in [0.25, 0.3) is 10.6 Å². The van der Waals surface area contributed by atoms with Gasteiger partial charge < -0.3 is 10.6 Å². The molecule has 2 heterocycles. The van der Waals surface area contributed by atoms with Crippen LogP contribution in [0.4, 0.5) is 0 Å². The molecule has 1 saturated heterocycles. The first-order valence-corrected chi connectivity index (χ1v) is 8.98. The number of aryl methyl sites for hydroxylation is 1. The molecule has 1 fully saturated rings. The lowest BCUT2D eigenvalue weighted by molar-refractivity contribution is -0.125. The lowest BCUT2D eigenvalue weighted by atomic mass is 10.1. The normalized spacial score (nSPS) is 18.8. The average Bonchev–Trinajstić information content (AvgIpc) is 3.17. The number of aromatic nitrogens is 1. The Morgan fingerprint density at radius 1 is 1.43 bits per heavy atom. The Kier molecular flexibility index (Phi) is 4.99. The average molecular weight is 350 g/mol. The van der Waals surface area contributed by atoms with Crippen molar-refractivity contribution in [3.05, 3.63) is 39.9 Å². The minimum Gasteiger partial charge on any atom is -0.348 e.